The van der Waals surface area contributed by atoms with Gasteiger partial charge in [-0.25, -0.2) is 22.2 Å². The number of hydrogen-bond donors (Lipinski definition) is 1. The van der Waals surface area contributed by atoms with Gasteiger partial charge in [0.15, 0.2) is 9.84 Å². The predicted octanol–water partition coefficient (Wildman–Crippen LogP) is 4.32. The van der Waals surface area contributed by atoms with Crippen molar-refractivity contribution in [3.05, 3.63) is 59.4 Å². The number of alkyl halides is 3. The lowest BCUT2D eigenvalue weighted by Crippen LogP contribution is -2.07. The molecule has 0 aliphatic carbocycles. The molecule has 3 aromatic rings. The Labute approximate surface area is 161 Å². The molecule has 0 aliphatic heterocycles. The van der Waals surface area contributed by atoms with E-state index >= 15 is 0 Å². The molecule has 0 bridgehead atoms. The lowest BCUT2D eigenvalue weighted by atomic mass is 10.0. The number of halogens is 5. The maximum Gasteiger partial charge on any atom is 0.449 e. The fourth-order valence-electron chi connectivity index (χ4n) is 2.62. The van der Waals surface area contributed by atoms with E-state index in [-0.39, 0.29) is 16.8 Å². The van der Waals surface area contributed by atoms with Crippen LogP contribution in [0.4, 0.5) is 22.0 Å². The van der Waals surface area contributed by atoms with Crippen LogP contribution in [-0.4, -0.2) is 24.6 Å². The number of aromatic amines is 1. The summed E-state index contributed by atoms with van der Waals surface area (Å²) >= 11 is 0. The van der Waals surface area contributed by atoms with Gasteiger partial charge in [-0.1, -0.05) is 12.1 Å². The van der Waals surface area contributed by atoms with Crippen molar-refractivity contribution < 1.29 is 30.4 Å². The first-order chi connectivity index (χ1) is 13.4. The van der Waals surface area contributed by atoms with E-state index in [1.807, 2.05) is 11.1 Å². The first kappa shape index (κ1) is 20.5. The van der Waals surface area contributed by atoms with Crippen molar-refractivity contribution in [2.45, 2.75) is 11.1 Å². The van der Waals surface area contributed by atoms with Crippen LogP contribution in [0, 0.1) is 23.0 Å². The van der Waals surface area contributed by atoms with Crippen LogP contribution in [0.25, 0.3) is 22.5 Å². The number of benzene rings is 2. The molecule has 2 aromatic carbocycles. The highest BCUT2D eigenvalue weighted by atomic mass is 32.2. The summed E-state index contributed by atoms with van der Waals surface area (Å²) in [5, 5.41) is 8.84. The van der Waals surface area contributed by atoms with Crippen LogP contribution in [0.15, 0.2) is 41.3 Å². The summed E-state index contributed by atoms with van der Waals surface area (Å²) in [4.78, 5) is 4.47. The number of rotatable bonds is 3. The maximum absolute atomic E-state index is 14.6. The lowest BCUT2D eigenvalue weighted by Gasteiger charge is -2.08. The molecular formula is C18H10F5N3O2S. The Kier molecular flexibility index (Phi) is 4.92. The Hall–Kier alpha value is -3.26. The maximum atomic E-state index is 14.6. The van der Waals surface area contributed by atoms with E-state index in [4.69, 9.17) is 5.26 Å². The van der Waals surface area contributed by atoms with Gasteiger partial charge >= 0.3 is 6.18 Å². The van der Waals surface area contributed by atoms with Gasteiger partial charge < -0.3 is 4.98 Å². The number of imidazole rings is 1. The average molecular weight is 427 g/mol. The molecule has 0 atom stereocenters. The third kappa shape index (κ3) is 3.97. The molecule has 0 fully saturated rings. The minimum atomic E-state index is -4.90. The second-order valence-electron chi connectivity index (χ2n) is 6.03. The minimum Gasteiger partial charge on any atom is -0.334 e. The SMILES string of the molecule is CS(=O)(=O)c1cc(F)c(-c2[nH]c(C(F)(F)F)nc2-c2ccc(C#N)cc2)cc1F. The lowest BCUT2D eigenvalue weighted by molar-refractivity contribution is -0.144. The van der Waals surface area contributed by atoms with E-state index in [2.05, 4.69) is 4.98 Å². The second kappa shape index (κ2) is 6.97. The summed E-state index contributed by atoms with van der Waals surface area (Å²) in [6.07, 6.45) is -4.23. The van der Waals surface area contributed by atoms with Gasteiger partial charge in [0.25, 0.3) is 0 Å². The first-order valence-corrected chi connectivity index (χ1v) is 9.68. The van der Waals surface area contributed by atoms with Crippen LogP contribution in [0.2, 0.25) is 0 Å². The van der Waals surface area contributed by atoms with Crippen molar-refractivity contribution in [3.63, 3.8) is 0 Å². The normalized spacial score (nSPS) is 12.0. The first-order valence-electron chi connectivity index (χ1n) is 7.79. The molecule has 150 valence electrons. The zero-order chi connectivity index (χ0) is 21.6. The molecule has 0 amide bonds. The summed E-state index contributed by atoms with van der Waals surface area (Å²) in [6, 6.07) is 7.99. The highest BCUT2D eigenvalue weighted by Gasteiger charge is 2.36. The van der Waals surface area contributed by atoms with Crippen molar-refractivity contribution in [3.8, 4) is 28.6 Å². The number of nitrogens with one attached hydrogen (secondary N) is 1. The van der Waals surface area contributed by atoms with E-state index in [1.54, 1.807) is 0 Å². The summed E-state index contributed by atoms with van der Waals surface area (Å²) in [5.41, 5.74) is -1.11. The van der Waals surface area contributed by atoms with E-state index < -0.39 is 49.6 Å². The molecule has 0 radical (unpaired) electrons. The third-order valence-electron chi connectivity index (χ3n) is 3.95. The van der Waals surface area contributed by atoms with Gasteiger partial charge in [-0.2, -0.15) is 18.4 Å². The molecule has 0 spiro atoms. The summed E-state index contributed by atoms with van der Waals surface area (Å²) in [6.45, 7) is 0. The number of aromatic nitrogens is 2. The Balaban J connectivity index is 2.27. The molecular weight excluding hydrogens is 417 g/mol. The zero-order valence-electron chi connectivity index (χ0n) is 14.5. The molecule has 1 heterocycles. The summed E-state index contributed by atoms with van der Waals surface area (Å²) < 4.78 is 91.3. The van der Waals surface area contributed by atoms with Crippen LogP contribution < -0.4 is 0 Å². The Morgan fingerprint density at radius 2 is 1.69 bits per heavy atom. The van der Waals surface area contributed by atoms with E-state index in [9.17, 15) is 30.4 Å². The highest BCUT2D eigenvalue weighted by Crippen LogP contribution is 2.37. The van der Waals surface area contributed by atoms with Gasteiger partial charge in [0.1, 0.15) is 16.5 Å². The third-order valence-corrected chi connectivity index (χ3v) is 5.06. The Morgan fingerprint density at radius 1 is 1.07 bits per heavy atom. The molecule has 0 saturated heterocycles. The van der Waals surface area contributed by atoms with Crippen molar-refractivity contribution in [1.82, 2.24) is 9.97 Å². The molecule has 0 unspecified atom stereocenters. The number of hydrogen-bond acceptors (Lipinski definition) is 4. The van der Waals surface area contributed by atoms with Crippen molar-refractivity contribution >= 4 is 9.84 Å². The van der Waals surface area contributed by atoms with E-state index in [0.717, 1.165) is 0 Å². The monoisotopic (exact) mass is 427 g/mol. The zero-order valence-corrected chi connectivity index (χ0v) is 15.3. The van der Waals surface area contributed by atoms with Gasteiger partial charge in [-0.3, -0.25) is 0 Å². The summed E-state index contributed by atoms with van der Waals surface area (Å²) in [7, 11) is -4.09. The second-order valence-corrected chi connectivity index (χ2v) is 8.01. The largest absolute Gasteiger partial charge is 0.449 e. The smallest absolute Gasteiger partial charge is 0.334 e. The van der Waals surface area contributed by atoms with Crippen LogP contribution in [0.3, 0.4) is 0 Å². The van der Waals surface area contributed by atoms with Crippen LogP contribution in [0.5, 0.6) is 0 Å². The highest BCUT2D eigenvalue weighted by molar-refractivity contribution is 7.90. The van der Waals surface area contributed by atoms with Gasteiger partial charge in [0, 0.05) is 17.4 Å². The molecule has 0 aliphatic rings. The van der Waals surface area contributed by atoms with Gasteiger partial charge in [-0.05, 0) is 24.3 Å². The Morgan fingerprint density at radius 3 is 2.21 bits per heavy atom. The number of nitrogens with zero attached hydrogens (tertiary/aromatic N) is 2. The molecule has 3 rings (SSSR count). The fraction of sp³-hybridized carbons (Fsp3) is 0.111. The number of sulfone groups is 1. The minimum absolute atomic E-state index is 0.109. The molecule has 0 saturated carbocycles. The van der Waals surface area contributed by atoms with Gasteiger partial charge in [-0.15, -0.1) is 0 Å². The molecule has 1 aromatic heterocycles. The van der Waals surface area contributed by atoms with Crippen LogP contribution in [0.1, 0.15) is 11.4 Å². The molecule has 11 heteroatoms. The molecule has 29 heavy (non-hydrogen) atoms. The Bertz CT molecular complexity index is 1240. The van der Waals surface area contributed by atoms with Gasteiger partial charge in [0.2, 0.25) is 5.82 Å². The van der Waals surface area contributed by atoms with Gasteiger partial charge in [0.05, 0.1) is 23.0 Å². The predicted molar refractivity (Wildman–Crippen MR) is 92.2 cm³/mol. The topological polar surface area (TPSA) is 86.6 Å². The van der Waals surface area contributed by atoms with E-state index in [1.165, 1.54) is 24.3 Å². The molecule has 5 nitrogen and oxygen atoms in total. The standard InChI is InChI=1S/C18H10F5N3O2S/c1-29(27,28)14-7-12(19)11(6-13(14)20)16-15(25-17(26-16)18(21,22)23)10-4-2-9(8-24)3-5-10/h2-7H,1H3,(H,25,26). The number of H-pyrrole nitrogens is 1. The summed E-state index contributed by atoms with van der Waals surface area (Å²) in [5.74, 6) is -4.02. The average Bonchev–Trinajstić information content (AvgIpc) is 3.08. The van der Waals surface area contributed by atoms with Crippen molar-refractivity contribution in [1.29, 1.82) is 5.26 Å². The fourth-order valence-corrected chi connectivity index (χ4v) is 3.35. The number of nitriles is 1. The van der Waals surface area contributed by atoms with Crippen LogP contribution in [-0.2, 0) is 16.0 Å². The molecule has 1 N–H and O–H groups in total. The van der Waals surface area contributed by atoms with Crippen molar-refractivity contribution in [2.24, 2.45) is 0 Å². The quantitative estimate of drug-likeness (QED) is 0.631. The van der Waals surface area contributed by atoms with E-state index in [0.29, 0.717) is 18.4 Å². The van der Waals surface area contributed by atoms with Crippen LogP contribution >= 0.6 is 0 Å². The van der Waals surface area contributed by atoms with Crippen molar-refractivity contribution in [2.75, 3.05) is 6.26 Å².